The fraction of sp³-hybridized carbons (Fsp3) is 0.833. The first kappa shape index (κ1) is 6.93. The van der Waals surface area contributed by atoms with E-state index in [0.717, 1.165) is 0 Å². The lowest BCUT2D eigenvalue weighted by Crippen LogP contribution is -2.24. The zero-order chi connectivity index (χ0) is 6.91. The quantitative estimate of drug-likeness (QED) is 0.520. The summed E-state index contributed by atoms with van der Waals surface area (Å²) in [6.07, 6.45) is 0.00250. The van der Waals surface area contributed by atoms with Gasteiger partial charge < -0.3 is 0 Å². The highest BCUT2D eigenvalue weighted by atomic mass is 19.3. The molecule has 0 atom stereocenters. The second-order valence-corrected chi connectivity index (χ2v) is 2.38. The summed E-state index contributed by atoms with van der Waals surface area (Å²) in [6.45, 7) is 4.42. The maximum absolute atomic E-state index is 12.3. The van der Waals surface area contributed by atoms with Crippen LogP contribution in [0.15, 0.2) is 0 Å². The minimum absolute atomic E-state index is 0.00250. The van der Waals surface area contributed by atoms with Crippen LogP contribution in [0.3, 0.4) is 0 Å². The van der Waals surface area contributed by atoms with Crippen LogP contribution < -0.4 is 0 Å². The van der Waals surface area contributed by atoms with Crippen LogP contribution in [0.4, 0.5) is 8.78 Å². The zero-order valence-corrected chi connectivity index (χ0v) is 5.24. The normalized spacial score (nSPS) is 27.0. The predicted molar refractivity (Wildman–Crippen MR) is 31.4 cm³/mol. The Morgan fingerprint density at radius 3 is 2.44 bits per heavy atom. The number of nitrogens with zero attached hydrogens (tertiary/aromatic N) is 1. The van der Waals surface area contributed by atoms with E-state index in [0.29, 0.717) is 13.1 Å². The third kappa shape index (κ3) is 1.61. The molecular formula is C6H10F2N. The van der Waals surface area contributed by atoms with Crippen molar-refractivity contribution in [3.8, 4) is 0 Å². The second kappa shape index (κ2) is 2.21. The summed E-state index contributed by atoms with van der Waals surface area (Å²) in [5, 5.41) is 0. The van der Waals surface area contributed by atoms with Crippen LogP contribution in [-0.2, 0) is 0 Å². The molecule has 1 rings (SSSR count). The van der Waals surface area contributed by atoms with Gasteiger partial charge in [0.15, 0.2) is 0 Å². The van der Waals surface area contributed by atoms with E-state index in [-0.39, 0.29) is 13.0 Å². The SMILES string of the molecule is [CH2]CN1CCC(F)(F)C1. The van der Waals surface area contributed by atoms with Crippen molar-refractivity contribution < 1.29 is 8.78 Å². The van der Waals surface area contributed by atoms with Gasteiger partial charge in [-0.05, 0) is 13.5 Å². The number of alkyl halides is 2. The third-order valence-electron chi connectivity index (χ3n) is 1.56. The molecule has 1 nitrogen and oxygen atoms in total. The molecule has 53 valence electrons. The van der Waals surface area contributed by atoms with E-state index in [9.17, 15) is 8.78 Å². The molecule has 1 saturated heterocycles. The van der Waals surface area contributed by atoms with Gasteiger partial charge in [-0.3, -0.25) is 4.90 Å². The number of rotatable bonds is 1. The Hall–Kier alpha value is -0.180. The van der Waals surface area contributed by atoms with Crippen LogP contribution in [0.2, 0.25) is 0 Å². The number of likely N-dealkylation sites (tertiary alicyclic amines) is 1. The molecule has 3 heteroatoms. The number of hydrogen-bond acceptors (Lipinski definition) is 1. The lowest BCUT2D eigenvalue weighted by Gasteiger charge is -2.11. The number of halogens is 2. The monoisotopic (exact) mass is 134 g/mol. The van der Waals surface area contributed by atoms with Gasteiger partial charge in [0.2, 0.25) is 0 Å². The van der Waals surface area contributed by atoms with E-state index < -0.39 is 5.92 Å². The molecule has 0 saturated carbocycles. The van der Waals surface area contributed by atoms with Crippen LogP contribution in [0, 0.1) is 6.92 Å². The zero-order valence-electron chi connectivity index (χ0n) is 5.24. The summed E-state index contributed by atoms with van der Waals surface area (Å²) < 4.78 is 24.6. The summed E-state index contributed by atoms with van der Waals surface area (Å²) >= 11 is 0. The first-order valence-electron chi connectivity index (χ1n) is 3.03. The Morgan fingerprint density at radius 1 is 1.56 bits per heavy atom. The van der Waals surface area contributed by atoms with Crippen molar-refractivity contribution in [3.05, 3.63) is 6.92 Å². The van der Waals surface area contributed by atoms with Crippen LogP contribution in [-0.4, -0.2) is 30.5 Å². The van der Waals surface area contributed by atoms with Crippen molar-refractivity contribution in [3.63, 3.8) is 0 Å². The Labute approximate surface area is 53.6 Å². The predicted octanol–water partition coefficient (Wildman–Crippen LogP) is 1.16. The molecule has 9 heavy (non-hydrogen) atoms. The summed E-state index contributed by atoms with van der Waals surface area (Å²) in [5.41, 5.74) is 0. The van der Waals surface area contributed by atoms with E-state index in [4.69, 9.17) is 0 Å². The minimum Gasteiger partial charge on any atom is -0.297 e. The van der Waals surface area contributed by atoms with Crippen LogP contribution in [0.5, 0.6) is 0 Å². The molecule has 0 amide bonds. The molecule has 1 fully saturated rings. The standard InChI is InChI=1S/C6H10F2N/c1-2-9-4-3-6(7,8)5-9/h1-5H2. The van der Waals surface area contributed by atoms with E-state index in [1.54, 1.807) is 4.90 Å². The second-order valence-electron chi connectivity index (χ2n) is 2.38. The maximum atomic E-state index is 12.3. The van der Waals surface area contributed by atoms with Crippen molar-refractivity contribution in [2.75, 3.05) is 19.6 Å². The van der Waals surface area contributed by atoms with Crippen LogP contribution >= 0.6 is 0 Å². The number of hydrogen-bond donors (Lipinski definition) is 0. The lowest BCUT2D eigenvalue weighted by molar-refractivity contribution is 0.0132. The Balaban J connectivity index is 2.38. The van der Waals surface area contributed by atoms with E-state index in [1.165, 1.54) is 0 Å². The summed E-state index contributed by atoms with van der Waals surface area (Å²) in [4.78, 5) is 1.65. The van der Waals surface area contributed by atoms with E-state index in [2.05, 4.69) is 6.92 Å². The van der Waals surface area contributed by atoms with Crippen molar-refractivity contribution in [2.45, 2.75) is 12.3 Å². The molecule has 0 unspecified atom stereocenters. The molecule has 0 aromatic carbocycles. The van der Waals surface area contributed by atoms with Crippen molar-refractivity contribution >= 4 is 0 Å². The molecular weight excluding hydrogens is 124 g/mol. The Morgan fingerprint density at radius 2 is 2.22 bits per heavy atom. The van der Waals surface area contributed by atoms with Gasteiger partial charge in [-0.15, -0.1) is 0 Å². The van der Waals surface area contributed by atoms with Gasteiger partial charge in [0.05, 0.1) is 6.54 Å². The molecule has 1 radical (unpaired) electrons. The van der Waals surface area contributed by atoms with Gasteiger partial charge in [-0.25, -0.2) is 8.78 Å². The molecule has 0 aromatic rings. The van der Waals surface area contributed by atoms with Gasteiger partial charge in [0.25, 0.3) is 5.92 Å². The van der Waals surface area contributed by atoms with Gasteiger partial charge in [-0.1, -0.05) is 0 Å². The average molecular weight is 134 g/mol. The Kier molecular flexibility index (Phi) is 1.70. The summed E-state index contributed by atoms with van der Waals surface area (Å²) in [6, 6.07) is 0. The van der Waals surface area contributed by atoms with Crippen LogP contribution in [0.1, 0.15) is 6.42 Å². The van der Waals surface area contributed by atoms with Gasteiger partial charge >= 0.3 is 0 Å². The first-order valence-corrected chi connectivity index (χ1v) is 3.03. The molecule has 1 heterocycles. The first-order chi connectivity index (χ1) is 4.14. The third-order valence-corrected chi connectivity index (χ3v) is 1.56. The fourth-order valence-electron chi connectivity index (χ4n) is 0.998. The highest BCUT2D eigenvalue weighted by Gasteiger charge is 2.37. The maximum Gasteiger partial charge on any atom is 0.261 e. The topological polar surface area (TPSA) is 3.24 Å². The average Bonchev–Trinajstić information content (AvgIpc) is 2.10. The van der Waals surface area contributed by atoms with Crippen molar-refractivity contribution in [1.29, 1.82) is 0 Å². The van der Waals surface area contributed by atoms with Crippen LogP contribution in [0.25, 0.3) is 0 Å². The molecule has 0 N–H and O–H groups in total. The van der Waals surface area contributed by atoms with Gasteiger partial charge in [0, 0.05) is 13.0 Å². The smallest absolute Gasteiger partial charge is 0.261 e. The molecule has 1 aliphatic heterocycles. The van der Waals surface area contributed by atoms with E-state index in [1.807, 2.05) is 0 Å². The molecule has 1 aliphatic rings. The van der Waals surface area contributed by atoms with E-state index >= 15 is 0 Å². The lowest BCUT2D eigenvalue weighted by atomic mass is 10.3. The Bertz CT molecular complexity index is 103. The van der Waals surface area contributed by atoms with Crippen molar-refractivity contribution in [1.82, 2.24) is 4.90 Å². The molecule has 0 spiro atoms. The molecule has 0 bridgehead atoms. The summed E-state index contributed by atoms with van der Waals surface area (Å²) in [7, 11) is 0. The largest absolute Gasteiger partial charge is 0.297 e. The fourth-order valence-corrected chi connectivity index (χ4v) is 0.998. The molecule has 0 aromatic heterocycles. The van der Waals surface area contributed by atoms with Gasteiger partial charge in [-0.2, -0.15) is 0 Å². The minimum atomic E-state index is -2.45. The highest BCUT2D eigenvalue weighted by Crippen LogP contribution is 2.25. The van der Waals surface area contributed by atoms with Gasteiger partial charge in [0.1, 0.15) is 0 Å². The molecule has 0 aliphatic carbocycles. The highest BCUT2D eigenvalue weighted by molar-refractivity contribution is 4.81. The summed E-state index contributed by atoms with van der Waals surface area (Å²) in [5.74, 6) is -2.45. The van der Waals surface area contributed by atoms with Crippen molar-refractivity contribution in [2.24, 2.45) is 0 Å².